The third kappa shape index (κ3) is 5.01. The van der Waals surface area contributed by atoms with E-state index in [2.05, 4.69) is 5.32 Å². The minimum atomic E-state index is -0.705. The highest BCUT2D eigenvalue weighted by Gasteiger charge is 2.24. The number of aryl methyl sites for hydroxylation is 1. The van der Waals surface area contributed by atoms with E-state index in [-0.39, 0.29) is 5.91 Å². The molecule has 0 spiro atoms. The lowest BCUT2D eigenvalue weighted by Crippen LogP contribution is -2.42. The molecule has 2 rings (SSSR count). The SMILES string of the molecule is COC(=O)C(CCSC)NC(=O)c1cc(-c2ccc(OC)c(OC)c2)oc1C. The van der Waals surface area contributed by atoms with E-state index in [1.807, 2.05) is 12.3 Å². The predicted octanol–water partition coefficient (Wildman–Crippen LogP) is 3.30. The van der Waals surface area contributed by atoms with Crippen LogP contribution in [-0.2, 0) is 9.53 Å². The number of benzene rings is 1. The number of hydrogen-bond acceptors (Lipinski definition) is 7. The Morgan fingerprint density at radius 2 is 1.86 bits per heavy atom. The number of methoxy groups -OCH3 is 3. The van der Waals surface area contributed by atoms with Gasteiger partial charge in [-0.05, 0) is 49.6 Å². The predicted molar refractivity (Wildman–Crippen MR) is 108 cm³/mol. The summed E-state index contributed by atoms with van der Waals surface area (Å²) in [5.74, 6) is 2.00. The lowest BCUT2D eigenvalue weighted by atomic mass is 10.1. The molecule has 1 heterocycles. The lowest BCUT2D eigenvalue weighted by Gasteiger charge is -2.15. The fourth-order valence-corrected chi connectivity index (χ4v) is 3.17. The molecule has 0 aliphatic rings. The summed E-state index contributed by atoms with van der Waals surface area (Å²) >= 11 is 1.59. The van der Waals surface area contributed by atoms with Gasteiger partial charge in [-0.2, -0.15) is 11.8 Å². The van der Waals surface area contributed by atoms with Gasteiger partial charge in [0.2, 0.25) is 0 Å². The Balaban J connectivity index is 2.25. The van der Waals surface area contributed by atoms with Crippen LogP contribution in [0.2, 0.25) is 0 Å². The molecular weight excluding hydrogens is 382 g/mol. The van der Waals surface area contributed by atoms with Gasteiger partial charge in [-0.1, -0.05) is 0 Å². The number of ether oxygens (including phenoxy) is 3. The van der Waals surface area contributed by atoms with Crippen LogP contribution in [0.5, 0.6) is 11.5 Å². The van der Waals surface area contributed by atoms with Crippen molar-refractivity contribution in [2.45, 2.75) is 19.4 Å². The minimum Gasteiger partial charge on any atom is -0.493 e. The molecule has 0 bridgehead atoms. The molecule has 1 unspecified atom stereocenters. The third-order valence-electron chi connectivity index (χ3n) is 4.23. The second-order valence-corrected chi connectivity index (χ2v) is 6.97. The Hall–Kier alpha value is -2.61. The van der Waals surface area contributed by atoms with Crippen molar-refractivity contribution in [3.63, 3.8) is 0 Å². The molecule has 0 fully saturated rings. The van der Waals surface area contributed by atoms with Gasteiger partial charge in [0.1, 0.15) is 17.6 Å². The summed E-state index contributed by atoms with van der Waals surface area (Å²) in [5.41, 5.74) is 1.11. The molecule has 0 saturated heterocycles. The van der Waals surface area contributed by atoms with Crippen molar-refractivity contribution in [3.05, 3.63) is 35.6 Å². The summed E-state index contributed by atoms with van der Waals surface area (Å²) in [5, 5.41) is 2.73. The topological polar surface area (TPSA) is 87.0 Å². The van der Waals surface area contributed by atoms with Crippen LogP contribution >= 0.6 is 11.8 Å². The first-order valence-electron chi connectivity index (χ1n) is 8.65. The van der Waals surface area contributed by atoms with E-state index >= 15 is 0 Å². The van der Waals surface area contributed by atoms with Gasteiger partial charge in [0.05, 0.1) is 26.9 Å². The summed E-state index contributed by atoms with van der Waals surface area (Å²) in [6.45, 7) is 1.70. The maximum Gasteiger partial charge on any atom is 0.328 e. The van der Waals surface area contributed by atoms with Crippen molar-refractivity contribution in [2.75, 3.05) is 33.3 Å². The van der Waals surface area contributed by atoms with Crippen LogP contribution < -0.4 is 14.8 Å². The average molecular weight is 407 g/mol. The number of esters is 1. The van der Waals surface area contributed by atoms with Gasteiger partial charge in [0.15, 0.2) is 11.5 Å². The van der Waals surface area contributed by atoms with E-state index in [0.717, 1.165) is 11.3 Å². The lowest BCUT2D eigenvalue weighted by molar-refractivity contribution is -0.142. The molecule has 1 aromatic carbocycles. The highest BCUT2D eigenvalue weighted by atomic mass is 32.2. The first-order chi connectivity index (χ1) is 13.4. The minimum absolute atomic E-state index is 0.364. The molecule has 0 aliphatic heterocycles. The van der Waals surface area contributed by atoms with Crippen LogP contribution in [0, 0.1) is 6.92 Å². The number of furan rings is 1. The fraction of sp³-hybridized carbons (Fsp3) is 0.400. The van der Waals surface area contributed by atoms with Crippen molar-refractivity contribution in [1.29, 1.82) is 0 Å². The van der Waals surface area contributed by atoms with Gasteiger partial charge in [0, 0.05) is 5.56 Å². The summed E-state index contributed by atoms with van der Waals surface area (Å²) in [7, 11) is 4.42. The first-order valence-corrected chi connectivity index (χ1v) is 10.0. The maximum absolute atomic E-state index is 12.7. The molecule has 28 heavy (non-hydrogen) atoms. The molecule has 152 valence electrons. The normalized spacial score (nSPS) is 11.6. The van der Waals surface area contributed by atoms with E-state index in [0.29, 0.717) is 35.0 Å². The number of nitrogens with one attached hydrogen (secondary N) is 1. The van der Waals surface area contributed by atoms with Crippen molar-refractivity contribution in [3.8, 4) is 22.8 Å². The standard InChI is InChI=1S/C20H25NO6S/c1-12-14(19(22)21-15(8-9-28-5)20(23)26-4)11-17(27-12)13-6-7-16(24-2)18(10-13)25-3/h6-7,10-11,15H,8-9H2,1-5H3,(H,21,22). The Morgan fingerprint density at radius 1 is 1.14 bits per heavy atom. The number of carbonyl (C=O) groups excluding carboxylic acids is 2. The van der Waals surface area contributed by atoms with E-state index in [1.165, 1.54) is 7.11 Å². The molecule has 8 heteroatoms. The van der Waals surface area contributed by atoms with Crippen LogP contribution in [0.25, 0.3) is 11.3 Å². The van der Waals surface area contributed by atoms with Crippen LogP contribution in [0.1, 0.15) is 22.5 Å². The van der Waals surface area contributed by atoms with Gasteiger partial charge in [-0.3, -0.25) is 4.79 Å². The quantitative estimate of drug-likeness (QED) is 0.638. The first kappa shape index (κ1) is 21.7. The summed E-state index contributed by atoms with van der Waals surface area (Å²) < 4.78 is 21.1. The van der Waals surface area contributed by atoms with Crippen molar-refractivity contribution in [1.82, 2.24) is 5.32 Å². The van der Waals surface area contributed by atoms with Crippen LogP contribution in [0.3, 0.4) is 0 Å². The number of thioether (sulfide) groups is 1. The Labute approximate surface area is 168 Å². The van der Waals surface area contributed by atoms with Crippen LogP contribution in [0.4, 0.5) is 0 Å². The third-order valence-corrected chi connectivity index (χ3v) is 4.88. The van der Waals surface area contributed by atoms with Crippen LogP contribution in [-0.4, -0.2) is 51.3 Å². The van der Waals surface area contributed by atoms with E-state index < -0.39 is 12.0 Å². The fourth-order valence-electron chi connectivity index (χ4n) is 2.70. The monoisotopic (exact) mass is 407 g/mol. The highest BCUT2D eigenvalue weighted by Crippen LogP contribution is 2.34. The largest absolute Gasteiger partial charge is 0.493 e. The van der Waals surface area contributed by atoms with Gasteiger partial charge in [-0.25, -0.2) is 4.79 Å². The zero-order chi connectivity index (χ0) is 20.7. The number of rotatable bonds is 9. The van der Waals surface area contributed by atoms with Crippen molar-refractivity contribution < 1.29 is 28.2 Å². The van der Waals surface area contributed by atoms with Gasteiger partial charge in [-0.15, -0.1) is 0 Å². The molecule has 0 aliphatic carbocycles. The maximum atomic E-state index is 12.7. The second kappa shape index (κ2) is 10.1. The Bertz CT molecular complexity index is 832. The summed E-state index contributed by atoms with van der Waals surface area (Å²) in [4.78, 5) is 24.6. The number of amides is 1. The molecule has 1 aromatic heterocycles. The van der Waals surface area contributed by atoms with E-state index in [9.17, 15) is 9.59 Å². The zero-order valence-corrected chi connectivity index (χ0v) is 17.5. The molecular formula is C20H25NO6S. The number of carbonyl (C=O) groups is 2. The zero-order valence-electron chi connectivity index (χ0n) is 16.7. The molecule has 1 atom stereocenters. The smallest absolute Gasteiger partial charge is 0.328 e. The molecule has 2 aromatic rings. The molecule has 7 nitrogen and oxygen atoms in total. The summed E-state index contributed by atoms with van der Waals surface area (Å²) in [6.07, 6.45) is 2.42. The van der Waals surface area contributed by atoms with E-state index in [1.54, 1.807) is 51.1 Å². The number of hydrogen-bond donors (Lipinski definition) is 1. The van der Waals surface area contributed by atoms with Crippen molar-refractivity contribution in [2.24, 2.45) is 0 Å². The molecule has 1 amide bonds. The Kier molecular flexibility index (Phi) is 7.80. The van der Waals surface area contributed by atoms with E-state index in [4.69, 9.17) is 18.6 Å². The highest BCUT2D eigenvalue weighted by molar-refractivity contribution is 7.98. The Morgan fingerprint density at radius 3 is 2.46 bits per heavy atom. The van der Waals surface area contributed by atoms with Crippen molar-refractivity contribution >= 4 is 23.6 Å². The van der Waals surface area contributed by atoms with Gasteiger partial charge < -0.3 is 23.9 Å². The average Bonchev–Trinajstić information content (AvgIpc) is 3.11. The van der Waals surface area contributed by atoms with Crippen LogP contribution in [0.15, 0.2) is 28.7 Å². The summed E-state index contributed by atoms with van der Waals surface area (Å²) in [6, 6.07) is 6.30. The second-order valence-electron chi connectivity index (χ2n) is 5.98. The molecule has 0 radical (unpaired) electrons. The van der Waals surface area contributed by atoms with Gasteiger partial charge >= 0.3 is 5.97 Å². The van der Waals surface area contributed by atoms with Gasteiger partial charge in [0.25, 0.3) is 5.91 Å². The molecule has 0 saturated carbocycles. The molecule has 1 N–H and O–H groups in total.